The Morgan fingerprint density at radius 3 is 2.82 bits per heavy atom. The van der Waals surface area contributed by atoms with Crippen molar-refractivity contribution in [2.75, 3.05) is 19.0 Å². The van der Waals surface area contributed by atoms with Crippen LogP contribution in [-0.2, 0) is 17.7 Å². The Balaban J connectivity index is 1.63. The van der Waals surface area contributed by atoms with Gasteiger partial charge in [0.25, 0.3) is 11.8 Å². The SMILES string of the molecule is COCCn1cnc2cc(C(=O)N[C@@H](C)Cc3ccsc3)cc(NC(=O)c3cccnc3)c21. The summed E-state index contributed by atoms with van der Waals surface area (Å²) in [6, 6.07) is 8.82. The normalized spacial score (nSPS) is 11.9. The molecule has 0 bridgehead atoms. The molecule has 0 unspecified atom stereocenters. The Morgan fingerprint density at radius 1 is 1.21 bits per heavy atom. The molecule has 0 saturated heterocycles. The fourth-order valence-electron chi connectivity index (χ4n) is 3.61. The number of fused-ring (bicyclic) bond motifs is 1. The van der Waals surface area contributed by atoms with E-state index in [2.05, 4.69) is 32.0 Å². The third-order valence-electron chi connectivity index (χ3n) is 5.18. The van der Waals surface area contributed by atoms with Gasteiger partial charge in [0.05, 0.1) is 35.2 Å². The molecule has 0 radical (unpaired) electrons. The highest BCUT2D eigenvalue weighted by Crippen LogP contribution is 2.26. The standard InChI is InChI=1S/C24H25N5O3S/c1-16(10-17-5-9-33-14-17)27-24(31)19-11-20-22(29(15-26-20)7-8-32-2)21(12-19)28-23(30)18-4-3-6-25-13-18/h3-6,9,11-16H,7-8,10H2,1-2H3,(H,27,31)(H,28,30)/t16-/m0/s1. The highest BCUT2D eigenvalue weighted by molar-refractivity contribution is 7.07. The average Bonchev–Trinajstić information content (AvgIpc) is 3.48. The first-order valence-corrected chi connectivity index (χ1v) is 11.5. The predicted octanol–water partition coefficient (Wildman–Crippen LogP) is 3.75. The maximum atomic E-state index is 13.0. The number of benzene rings is 1. The predicted molar refractivity (Wildman–Crippen MR) is 129 cm³/mol. The van der Waals surface area contributed by atoms with Crippen LogP contribution in [-0.4, -0.2) is 46.1 Å². The number of methoxy groups -OCH3 is 1. The summed E-state index contributed by atoms with van der Waals surface area (Å²) < 4.78 is 7.10. The molecule has 0 fully saturated rings. The van der Waals surface area contributed by atoms with Crippen LogP contribution in [0.3, 0.4) is 0 Å². The van der Waals surface area contributed by atoms with Crippen molar-refractivity contribution in [3.05, 3.63) is 76.5 Å². The molecule has 1 aromatic carbocycles. The summed E-state index contributed by atoms with van der Waals surface area (Å²) in [5.74, 6) is -0.532. The van der Waals surface area contributed by atoms with Crippen LogP contribution in [0.1, 0.15) is 33.2 Å². The number of amides is 2. The molecular weight excluding hydrogens is 438 g/mol. The lowest BCUT2D eigenvalue weighted by atomic mass is 10.1. The monoisotopic (exact) mass is 463 g/mol. The number of pyridine rings is 1. The van der Waals surface area contributed by atoms with Crippen LogP contribution in [0, 0.1) is 0 Å². The maximum absolute atomic E-state index is 13.0. The number of anilines is 1. The highest BCUT2D eigenvalue weighted by Gasteiger charge is 2.18. The Kier molecular flexibility index (Phi) is 7.11. The summed E-state index contributed by atoms with van der Waals surface area (Å²) in [5, 5.41) is 10.1. The number of carbonyl (C=O) groups excluding carboxylic acids is 2. The van der Waals surface area contributed by atoms with Gasteiger partial charge >= 0.3 is 0 Å². The molecule has 4 rings (SSSR count). The number of nitrogens with one attached hydrogen (secondary N) is 2. The van der Waals surface area contributed by atoms with E-state index in [9.17, 15) is 9.59 Å². The second-order valence-corrected chi connectivity index (χ2v) is 8.51. The third kappa shape index (κ3) is 5.44. The molecule has 0 aliphatic carbocycles. The molecule has 3 aromatic heterocycles. The maximum Gasteiger partial charge on any atom is 0.257 e. The van der Waals surface area contributed by atoms with E-state index in [4.69, 9.17) is 4.74 Å². The van der Waals surface area contributed by atoms with Gasteiger partial charge in [0.15, 0.2) is 0 Å². The van der Waals surface area contributed by atoms with Crippen LogP contribution in [0.4, 0.5) is 5.69 Å². The third-order valence-corrected chi connectivity index (χ3v) is 5.92. The summed E-state index contributed by atoms with van der Waals surface area (Å²) >= 11 is 1.63. The summed E-state index contributed by atoms with van der Waals surface area (Å²) in [7, 11) is 1.63. The molecule has 1 atom stereocenters. The fraction of sp³-hybridized carbons (Fsp3) is 0.250. The number of thiophene rings is 1. The number of rotatable bonds is 9. The van der Waals surface area contributed by atoms with Gasteiger partial charge in [-0.05, 0) is 60.0 Å². The Morgan fingerprint density at radius 2 is 2.09 bits per heavy atom. The molecule has 3 heterocycles. The average molecular weight is 464 g/mol. The zero-order valence-electron chi connectivity index (χ0n) is 18.4. The van der Waals surface area contributed by atoms with Gasteiger partial charge in [0.2, 0.25) is 0 Å². The first-order valence-electron chi connectivity index (χ1n) is 10.6. The number of hydrogen-bond acceptors (Lipinski definition) is 6. The number of aromatic nitrogens is 3. The van der Waals surface area contributed by atoms with Crippen molar-refractivity contribution in [3.63, 3.8) is 0 Å². The highest BCUT2D eigenvalue weighted by atomic mass is 32.1. The van der Waals surface area contributed by atoms with Gasteiger partial charge < -0.3 is 19.9 Å². The van der Waals surface area contributed by atoms with Crippen LogP contribution >= 0.6 is 11.3 Å². The lowest BCUT2D eigenvalue weighted by Crippen LogP contribution is -2.34. The van der Waals surface area contributed by atoms with Gasteiger partial charge in [-0.3, -0.25) is 14.6 Å². The number of carbonyl (C=O) groups is 2. The molecule has 170 valence electrons. The topological polar surface area (TPSA) is 98.1 Å². The van der Waals surface area contributed by atoms with Gasteiger partial charge in [-0.2, -0.15) is 11.3 Å². The summed E-state index contributed by atoms with van der Waals surface area (Å²) in [6.45, 7) is 3.02. The van der Waals surface area contributed by atoms with Crippen molar-refractivity contribution in [2.24, 2.45) is 0 Å². The van der Waals surface area contributed by atoms with Crippen molar-refractivity contribution in [1.29, 1.82) is 0 Å². The Hall–Kier alpha value is -3.56. The zero-order valence-corrected chi connectivity index (χ0v) is 19.3. The summed E-state index contributed by atoms with van der Waals surface area (Å²) in [5.41, 5.74) is 3.89. The molecule has 9 heteroatoms. The van der Waals surface area contributed by atoms with Crippen LogP contribution in [0.15, 0.2) is 59.8 Å². The van der Waals surface area contributed by atoms with Crippen LogP contribution in [0.2, 0.25) is 0 Å². The number of hydrogen-bond donors (Lipinski definition) is 2. The molecular formula is C24H25N5O3S. The quantitative estimate of drug-likeness (QED) is 0.394. The van der Waals surface area contributed by atoms with Gasteiger partial charge in [-0.25, -0.2) is 4.98 Å². The second kappa shape index (κ2) is 10.4. The lowest BCUT2D eigenvalue weighted by Gasteiger charge is -2.15. The van der Waals surface area contributed by atoms with Crippen molar-refractivity contribution in [2.45, 2.75) is 25.9 Å². The van der Waals surface area contributed by atoms with E-state index in [0.29, 0.717) is 35.5 Å². The molecule has 0 saturated carbocycles. The van der Waals surface area contributed by atoms with E-state index in [1.165, 1.54) is 11.8 Å². The van der Waals surface area contributed by atoms with E-state index >= 15 is 0 Å². The molecule has 2 amide bonds. The van der Waals surface area contributed by atoms with E-state index in [1.807, 2.05) is 16.9 Å². The van der Waals surface area contributed by atoms with Gasteiger partial charge in [-0.1, -0.05) is 0 Å². The Bertz CT molecular complexity index is 1240. The van der Waals surface area contributed by atoms with Crippen LogP contribution in [0.5, 0.6) is 0 Å². The van der Waals surface area contributed by atoms with Gasteiger partial charge in [-0.15, -0.1) is 0 Å². The van der Waals surface area contributed by atoms with E-state index < -0.39 is 0 Å². The number of imidazole rings is 1. The molecule has 0 aliphatic rings. The fourth-order valence-corrected chi connectivity index (χ4v) is 4.29. The molecule has 0 spiro atoms. The first-order chi connectivity index (χ1) is 16.0. The zero-order chi connectivity index (χ0) is 23.2. The summed E-state index contributed by atoms with van der Waals surface area (Å²) in [4.78, 5) is 34.3. The van der Waals surface area contributed by atoms with Crippen molar-refractivity contribution >= 4 is 39.9 Å². The van der Waals surface area contributed by atoms with Gasteiger partial charge in [0, 0.05) is 37.7 Å². The number of ether oxygens (including phenoxy) is 1. The lowest BCUT2D eigenvalue weighted by molar-refractivity contribution is 0.0939. The minimum Gasteiger partial charge on any atom is -0.383 e. The van der Waals surface area contributed by atoms with Gasteiger partial charge in [0.1, 0.15) is 0 Å². The minimum atomic E-state index is -0.313. The molecule has 8 nitrogen and oxygen atoms in total. The molecule has 4 aromatic rings. The van der Waals surface area contributed by atoms with Crippen molar-refractivity contribution < 1.29 is 14.3 Å². The van der Waals surface area contributed by atoms with Crippen LogP contribution < -0.4 is 10.6 Å². The smallest absolute Gasteiger partial charge is 0.257 e. The largest absolute Gasteiger partial charge is 0.383 e. The van der Waals surface area contributed by atoms with E-state index in [0.717, 1.165) is 11.9 Å². The van der Waals surface area contributed by atoms with Crippen LogP contribution in [0.25, 0.3) is 11.0 Å². The first kappa shape index (κ1) is 22.6. The Labute approximate surface area is 195 Å². The van der Waals surface area contributed by atoms with Crippen molar-refractivity contribution in [3.8, 4) is 0 Å². The molecule has 0 aliphatic heterocycles. The molecule has 2 N–H and O–H groups in total. The summed E-state index contributed by atoms with van der Waals surface area (Å²) in [6.07, 6.45) is 5.53. The number of nitrogens with zero attached hydrogens (tertiary/aromatic N) is 3. The van der Waals surface area contributed by atoms with Crippen molar-refractivity contribution in [1.82, 2.24) is 19.9 Å². The van der Waals surface area contributed by atoms with E-state index in [-0.39, 0.29) is 17.9 Å². The second-order valence-electron chi connectivity index (χ2n) is 7.73. The molecule has 33 heavy (non-hydrogen) atoms. The minimum absolute atomic E-state index is 0.0458. The van der Waals surface area contributed by atoms with E-state index in [1.54, 1.807) is 55.2 Å².